The van der Waals surface area contributed by atoms with Crippen molar-refractivity contribution in [3.63, 3.8) is 0 Å². The molecule has 6 nitrogen and oxygen atoms in total. The van der Waals surface area contributed by atoms with Gasteiger partial charge < -0.3 is 14.8 Å². The van der Waals surface area contributed by atoms with Gasteiger partial charge in [0.15, 0.2) is 0 Å². The Bertz CT molecular complexity index is 841. The first-order chi connectivity index (χ1) is 11.9. The van der Waals surface area contributed by atoms with Crippen LogP contribution in [0.15, 0.2) is 29.1 Å². The second-order valence-corrected chi connectivity index (χ2v) is 6.68. The second-order valence-electron chi connectivity index (χ2n) is 6.24. The third-order valence-corrected chi connectivity index (χ3v) is 4.71. The number of hydrogen-bond donors (Lipinski definition) is 1. The molecular weight excluding hydrogens is 340 g/mol. The van der Waals surface area contributed by atoms with Gasteiger partial charge in [0.25, 0.3) is 5.56 Å². The molecule has 0 unspecified atom stereocenters. The first-order valence-electron chi connectivity index (χ1n) is 8.29. The van der Waals surface area contributed by atoms with Crippen molar-refractivity contribution in [3.8, 4) is 0 Å². The fourth-order valence-electron chi connectivity index (χ4n) is 3.11. The van der Waals surface area contributed by atoms with Crippen molar-refractivity contribution in [1.29, 1.82) is 0 Å². The van der Waals surface area contributed by atoms with Crippen molar-refractivity contribution >= 4 is 23.2 Å². The molecule has 0 bridgehead atoms. The molecule has 25 heavy (non-hydrogen) atoms. The normalized spacial score (nSPS) is 14.7. The van der Waals surface area contributed by atoms with E-state index in [1.807, 2.05) is 24.3 Å². The number of aromatic amines is 1. The highest BCUT2D eigenvalue weighted by molar-refractivity contribution is 6.30. The number of amides is 1. The van der Waals surface area contributed by atoms with Crippen molar-refractivity contribution in [2.24, 2.45) is 0 Å². The Balaban J connectivity index is 1.63. The molecule has 0 radical (unpaired) electrons. The number of hydrogen-bond acceptors (Lipinski definition) is 4. The lowest BCUT2D eigenvalue weighted by atomic mass is 10.1. The number of aromatic nitrogens is 2. The Morgan fingerprint density at radius 1 is 1.24 bits per heavy atom. The first-order valence-corrected chi connectivity index (χ1v) is 8.66. The Kier molecular flexibility index (Phi) is 5.08. The van der Waals surface area contributed by atoms with Crippen molar-refractivity contribution in [2.75, 3.05) is 31.1 Å². The molecule has 0 atom stereocenters. The van der Waals surface area contributed by atoms with Crippen LogP contribution in [0.25, 0.3) is 0 Å². The minimum atomic E-state index is -0.226. The van der Waals surface area contributed by atoms with E-state index in [9.17, 15) is 9.59 Å². The number of nitrogens with one attached hydrogen (secondary N) is 1. The second kappa shape index (κ2) is 7.27. The zero-order valence-electron chi connectivity index (χ0n) is 14.4. The topological polar surface area (TPSA) is 69.3 Å². The predicted octanol–water partition coefficient (Wildman–Crippen LogP) is 1.93. The molecule has 0 spiro atoms. The van der Waals surface area contributed by atoms with E-state index in [-0.39, 0.29) is 17.9 Å². The van der Waals surface area contributed by atoms with E-state index >= 15 is 0 Å². The van der Waals surface area contributed by atoms with Gasteiger partial charge >= 0.3 is 0 Å². The molecule has 0 saturated carbocycles. The summed E-state index contributed by atoms with van der Waals surface area (Å²) in [7, 11) is 0. The fraction of sp³-hybridized carbons (Fsp3) is 0.389. The van der Waals surface area contributed by atoms with Gasteiger partial charge in [-0.2, -0.15) is 0 Å². The number of carbonyl (C=O) groups excluding carboxylic acids is 1. The quantitative estimate of drug-likeness (QED) is 0.908. The molecule has 2 heterocycles. The van der Waals surface area contributed by atoms with Gasteiger partial charge in [0.2, 0.25) is 5.91 Å². The number of benzene rings is 1. The lowest BCUT2D eigenvalue weighted by Crippen LogP contribution is -2.49. The monoisotopic (exact) mass is 360 g/mol. The summed E-state index contributed by atoms with van der Waals surface area (Å²) in [6.07, 6.45) is 0.0889. The number of H-pyrrole nitrogens is 1. The number of rotatable bonds is 3. The number of nitrogens with zero attached hydrogens (tertiary/aromatic N) is 3. The average Bonchev–Trinajstić information content (AvgIpc) is 2.58. The van der Waals surface area contributed by atoms with Gasteiger partial charge in [0, 0.05) is 48.1 Å². The molecule has 2 aromatic rings. The highest BCUT2D eigenvalue weighted by atomic mass is 35.5. The summed E-state index contributed by atoms with van der Waals surface area (Å²) in [6, 6.07) is 7.72. The van der Waals surface area contributed by atoms with E-state index < -0.39 is 0 Å². The molecule has 1 aromatic heterocycles. The molecular formula is C18H21ClN4O2. The van der Waals surface area contributed by atoms with Crippen LogP contribution in [-0.2, 0) is 11.2 Å². The van der Waals surface area contributed by atoms with Crippen LogP contribution < -0.4 is 10.5 Å². The molecule has 1 aliphatic rings. The van der Waals surface area contributed by atoms with Crippen molar-refractivity contribution in [3.05, 3.63) is 56.7 Å². The Hall–Kier alpha value is -2.34. The number of halogens is 1. The summed E-state index contributed by atoms with van der Waals surface area (Å²) in [4.78, 5) is 35.5. The zero-order valence-corrected chi connectivity index (χ0v) is 15.1. The molecule has 1 fully saturated rings. The molecule has 132 valence electrons. The SMILES string of the molecule is Cc1nc(C)c(CC(=O)N2CCN(c3cccc(Cl)c3)CC2)c(=O)[nH]1. The standard InChI is InChI=1S/C18H21ClN4O2/c1-12-16(18(25)21-13(2)20-12)11-17(24)23-8-6-22(7-9-23)15-5-3-4-14(19)10-15/h3-5,10H,6-9,11H2,1-2H3,(H,20,21,25). The van der Waals surface area contributed by atoms with Crippen LogP contribution in [0, 0.1) is 13.8 Å². The third kappa shape index (κ3) is 4.02. The molecule has 1 N–H and O–H groups in total. The molecule has 1 aliphatic heterocycles. The Morgan fingerprint density at radius 2 is 1.96 bits per heavy atom. The summed E-state index contributed by atoms with van der Waals surface area (Å²) in [5.74, 6) is 0.527. The summed E-state index contributed by atoms with van der Waals surface area (Å²) in [5.41, 5.74) is 1.91. The van der Waals surface area contributed by atoms with Gasteiger partial charge in [-0.1, -0.05) is 17.7 Å². The Morgan fingerprint density at radius 3 is 2.60 bits per heavy atom. The largest absolute Gasteiger partial charge is 0.368 e. The van der Waals surface area contributed by atoms with Gasteiger partial charge in [-0.15, -0.1) is 0 Å². The maximum absolute atomic E-state index is 12.6. The zero-order chi connectivity index (χ0) is 18.0. The first kappa shape index (κ1) is 17.5. The van der Waals surface area contributed by atoms with Crippen LogP contribution >= 0.6 is 11.6 Å². The number of carbonyl (C=O) groups is 1. The highest BCUT2D eigenvalue weighted by Crippen LogP contribution is 2.21. The predicted molar refractivity (Wildman–Crippen MR) is 98.3 cm³/mol. The average molecular weight is 361 g/mol. The molecule has 1 aromatic carbocycles. The number of aryl methyl sites for hydroxylation is 2. The minimum absolute atomic E-state index is 0.0370. The number of anilines is 1. The van der Waals surface area contributed by atoms with E-state index in [1.165, 1.54) is 0 Å². The lowest BCUT2D eigenvalue weighted by Gasteiger charge is -2.36. The number of piperazine rings is 1. The van der Waals surface area contributed by atoms with Crippen LogP contribution in [0.5, 0.6) is 0 Å². The van der Waals surface area contributed by atoms with Gasteiger partial charge in [0.1, 0.15) is 5.82 Å². The minimum Gasteiger partial charge on any atom is -0.368 e. The van der Waals surface area contributed by atoms with Crippen LogP contribution in [0.3, 0.4) is 0 Å². The lowest BCUT2D eigenvalue weighted by molar-refractivity contribution is -0.130. The van der Waals surface area contributed by atoms with Gasteiger partial charge in [0.05, 0.1) is 6.42 Å². The molecule has 3 rings (SSSR count). The Labute approximate surface area is 151 Å². The van der Waals surface area contributed by atoms with Gasteiger partial charge in [-0.3, -0.25) is 9.59 Å². The maximum Gasteiger partial charge on any atom is 0.254 e. The van der Waals surface area contributed by atoms with Gasteiger partial charge in [-0.05, 0) is 32.0 Å². The van der Waals surface area contributed by atoms with Crippen LogP contribution in [-0.4, -0.2) is 47.0 Å². The van der Waals surface area contributed by atoms with Crippen LogP contribution in [0.2, 0.25) is 5.02 Å². The summed E-state index contributed by atoms with van der Waals surface area (Å²) in [6.45, 7) is 6.24. The van der Waals surface area contributed by atoms with E-state index in [2.05, 4.69) is 14.9 Å². The van der Waals surface area contributed by atoms with Crippen LogP contribution in [0.4, 0.5) is 5.69 Å². The molecule has 1 amide bonds. The maximum atomic E-state index is 12.6. The fourth-order valence-corrected chi connectivity index (χ4v) is 3.29. The summed E-state index contributed by atoms with van der Waals surface area (Å²) < 4.78 is 0. The highest BCUT2D eigenvalue weighted by Gasteiger charge is 2.23. The summed E-state index contributed by atoms with van der Waals surface area (Å²) in [5, 5.41) is 0.706. The van der Waals surface area contributed by atoms with Gasteiger partial charge in [-0.25, -0.2) is 4.98 Å². The van der Waals surface area contributed by atoms with Crippen molar-refractivity contribution in [2.45, 2.75) is 20.3 Å². The van der Waals surface area contributed by atoms with E-state index in [1.54, 1.807) is 18.7 Å². The smallest absolute Gasteiger partial charge is 0.254 e. The van der Waals surface area contributed by atoms with E-state index in [0.29, 0.717) is 35.2 Å². The van der Waals surface area contributed by atoms with E-state index in [0.717, 1.165) is 18.8 Å². The summed E-state index contributed by atoms with van der Waals surface area (Å²) >= 11 is 6.04. The molecule has 0 aliphatic carbocycles. The van der Waals surface area contributed by atoms with Crippen molar-refractivity contribution < 1.29 is 4.79 Å². The van der Waals surface area contributed by atoms with Crippen LogP contribution in [0.1, 0.15) is 17.1 Å². The molecule has 7 heteroatoms. The third-order valence-electron chi connectivity index (χ3n) is 4.47. The van der Waals surface area contributed by atoms with Crippen molar-refractivity contribution in [1.82, 2.24) is 14.9 Å². The van der Waals surface area contributed by atoms with E-state index in [4.69, 9.17) is 11.6 Å². The molecule has 1 saturated heterocycles.